The molecule has 0 heterocycles. The molecule has 2 aromatic rings. The number of benzene rings is 2. The SMILES string of the molecule is O=C(O)c1ccccc1OCCOc1ccc(Br)cc1F. The quantitative estimate of drug-likeness (QED) is 0.802. The average molecular weight is 355 g/mol. The largest absolute Gasteiger partial charge is 0.489 e. The monoisotopic (exact) mass is 354 g/mol. The third-order valence-corrected chi connectivity index (χ3v) is 3.10. The Morgan fingerprint density at radius 2 is 1.76 bits per heavy atom. The maximum Gasteiger partial charge on any atom is 0.339 e. The standard InChI is InChI=1S/C15H12BrFO4/c16-10-5-6-14(12(17)9-10)21-8-7-20-13-4-2-1-3-11(13)15(18)19/h1-6,9H,7-8H2,(H,18,19). The van der Waals surface area contributed by atoms with Gasteiger partial charge in [0.15, 0.2) is 11.6 Å². The topological polar surface area (TPSA) is 55.8 Å². The second-order valence-corrected chi connectivity index (χ2v) is 4.99. The van der Waals surface area contributed by atoms with Crippen LogP contribution in [0.15, 0.2) is 46.9 Å². The molecule has 0 radical (unpaired) electrons. The van der Waals surface area contributed by atoms with Gasteiger partial charge in [-0.05, 0) is 30.3 Å². The van der Waals surface area contributed by atoms with E-state index in [0.29, 0.717) is 4.47 Å². The number of rotatable bonds is 6. The van der Waals surface area contributed by atoms with Crippen LogP contribution in [0.1, 0.15) is 10.4 Å². The van der Waals surface area contributed by atoms with E-state index < -0.39 is 11.8 Å². The van der Waals surface area contributed by atoms with Gasteiger partial charge in [0, 0.05) is 4.47 Å². The summed E-state index contributed by atoms with van der Waals surface area (Å²) < 4.78 is 24.7. The van der Waals surface area contributed by atoms with Crippen molar-refractivity contribution in [3.8, 4) is 11.5 Å². The van der Waals surface area contributed by atoms with Crippen LogP contribution in [-0.2, 0) is 0 Å². The molecule has 21 heavy (non-hydrogen) atoms. The highest BCUT2D eigenvalue weighted by molar-refractivity contribution is 9.10. The van der Waals surface area contributed by atoms with E-state index in [1.54, 1.807) is 24.3 Å². The van der Waals surface area contributed by atoms with E-state index in [-0.39, 0.29) is 30.3 Å². The maximum atomic E-state index is 13.5. The van der Waals surface area contributed by atoms with Gasteiger partial charge in [-0.3, -0.25) is 0 Å². The average Bonchev–Trinajstić information content (AvgIpc) is 2.45. The van der Waals surface area contributed by atoms with Gasteiger partial charge in [-0.25, -0.2) is 9.18 Å². The van der Waals surface area contributed by atoms with Gasteiger partial charge in [-0.15, -0.1) is 0 Å². The molecule has 0 aliphatic heterocycles. The van der Waals surface area contributed by atoms with Gasteiger partial charge >= 0.3 is 5.97 Å². The molecule has 0 fully saturated rings. The second kappa shape index (κ2) is 7.08. The van der Waals surface area contributed by atoms with Crippen molar-refractivity contribution >= 4 is 21.9 Å². The Balaban J connectivity index is 1.89. The zero-order chi connectivity index (χ0) is 15.2. The van der Waals surface area contributed by atoms with E-state index in [1.807, 2.05) is 0 Å². The highest BCUT2D eigenvalue weighted by Gasteiger charge is 2.10. The lowest BCUT2D eigenvalue weighted by atomic mass is 10.2. The zero-order valence-corrected chi connectivity index (χ0v) is 12.5. The molecule has 110 valence electrons. The van der Waals surface area contributed by atoms with Crippen LogP contribution in [0.2, 0.25) is 0 Å². The highest BCUT2D eigenvalue weighted by Crippen LogP contribution is 2.21. The van der Waals surface area contributed by atoms with Crippen molar-refractivity contribution in [1.82, 2.24) is 0 Å². The first-order valence-electron chi connectivity index (χ1n) is 6.11. The first-order chi connectivity index (χ1) is 10.1. The summed E-state index contributed by atoms with van der Waals surface area (Å²) in [5.74, 6) is -1.17. The number of carbonyl (C=O) groups is 1. The van der Waals surface area contributed by atoms with Crippen LogP contribution in [0.5, 0.6) is 11.5 Å². The van der Waals surface area contributed by atoms with Crippen molar-refractivity contribution in [3.05, 3.63) is 58.3 Å². The van der Waals surface area contributed by atoms with Gasteiger partial charge in [-0.1, -0.05) is 28.1 Å². The number of hydrogen-bond acceptors (Lipinski definition) is 3. The minimum absolute atomic E-state index is 0.0762. The van der Waals surface area contributed by atoms with Crippen molar-refractivity contribution in [3.63, 3.8) is 0 Å². The van der Waals surface area contributed by atoms with Crippen molar-refractivity contribution in [2.45, 2.75) is 0 Å². The molecule has 0 aliphatic carbocycles. The molecule has 0 unspecified atom stereocenters. The fourth-order valence-electron chi connectivity index (χ4n) is 1.66. The van der Waals surface area contributed by atoms with Crippen LogP contribution in [0.25, 0.3) is 0 Å². The molecule has 2 aromatic carbocycles. The number of halogens is 2. The lowest BCUT2D eigenvalue weighted by molar-refractivity contribution is 0.0691. The number of ether oxygens (including phenoxy) is 2. The molecule has 0 bridgehead atoms. The van der Waals surface area contributed by atoms with Gasteiger partial charge < -0.3 is 14.6 Å². The lowest BCUT2D eigenvalue weighted by Crippen LogP contribution is -2.11. The van der Waals surface area contributed by atoms with Crippen molar-refractivity contribution in [1.29, 1.82) is 0 Å². The summed E-state index contributed by atoms with van der Waals surface area (Å²) in [6.45, 7) is 0.215. The number of carboxylic acids is 1. The molecule has 0 saturated heterocycles. The molecular formula is C15H12BrFO4. The Labute approximate surface area is 129 Å². The number of carboxylic acid groups (broad SMARTS) is 1. The van der Waals surface area contributed by atoms with Crippen LogP contribution < -0.4 is 9.47 Å². The zero-order valence-electron chi connectivity index (χ0n) is 10.9. The second-order valence-electron chi connectivity index (χ2n) is 4.07. The van der Waals surface area contributed by atoms with Crippen molar-refractivity contribution < 1.29 is 23.8 Å². The van der Waals surface area contributed by atoms with E-state index in [0.717, 1.165) is 0 Å². The molecule has 0 saturated carbocycles. The van der Waals surface area contributed by atoms with Crippen molar-refractivity contribution in [2.24, 2.45) is 0 Å². The van der Waals surface area contributed by atoms with Gasteiger partial charge in [-0.2, -0.15) is 0 Å². The molecule has 0 atom stereocenters. The molecule has 2 rings (SSSR count). The van der Waals surface area contributed by atoms with Crippen LogP contribution in [0.4, 0.5) is 4.39 Å². The molecule has 4 nitrogen and oxygen atoms in total. The van der Waals surface area contributed by atoms with Crippen molar-refractivity contribution in [2.75, 3.05) is 13.2 Å². The highest BCUT2D eigenvalue weighted by atomic mass is 79.9. The van der Waals surface area contributed by atoms with E-state index >= 15 is 0 Å². The number of hydrogen-bond donors (Lipinski definition) is 1. The smallest absolute Gasteiger partial charge is 0.339 e. The Bertz CT molecular complexity index is 645. The molecule has 1 N–H and O–H groups in total. The van der Waals surface area contributed by atoms with Crippen LogP contribution in [0.3, 0.4) is 0 Å². The number of para-hydroxylation sites is 1. The Morgan fingerprint density at radius 3 is 2.43 bits per heavy atom. The summed E-state index contributed by atoms with van der Waals surface area (Å²) >= 11 is 3.15. The summed E-state index contributed by atoms with van der Waals surface area (Å²) in [6.07, 6.45) is 0. The fraction of sp³-hybridized carbons (Fsp3) is 0.133. The predicted molar refractivity (Wildman–Crippen MR) is 78.5 cm³/mol. The normalized spacial score (nSPS) is 10.2. The molecular weight excluding hydrogens is 343 g/mol. The van der Waals surface area contributed by atoms with E-state index in [1.165, 1.54) is 18.2 Å². The Hall–Kier alpha value is -2.08. The summed E-state index contributed by atoms with van der Waals surface area (Å²) in [4.78, 5) is 11.0. The minimum Gasteiger partial charge on any atom is -0.489 e. The number of aromatic carboxylic acids is 1. The fourth-order valence-corrected chi connectivity index (χ4v) is 2.00. The van der Waals surface area contributed by atoms with Gasteiger partial charge in [0.25, 0.3) is 0 Å². The summed E-state index contributed by atoms with van der Waals surface area (Å²) in [6, 6.07) is 10.8. The van der Waals surface area contributed by atoms with Gasteiger partial charge in [0.05, 0.1) is 0 Å². The molecule has 0 spiro atoms. The summed E-state index contributed by atoms with van der Waals surface area (Å²) in [5, 5.41) is 9.00. The van der Waals surface area contributed by atoms with Crippen LogP contribution in [-0.4, -0.2) is 24.3 Å². The van der Waals surface area contributed by atoms with Gasteiger partial charge in [0.1, 0.15) is 24.5 Å². The Kier molecular flexibility index (Phi) is 5.16. The van der Waals surface area contributed by atoms with E-state index in [2.05, 4.69) is 15.9 Å². The third kappa shape index (κ3) is 4.19. The van der Waals surface area contributed by atoms with Crippen LogP contribution in [0, 0.1) is 5.82 Å². The minimum atomic E-state index is -1.06. The lowest BCUT2D eigenvalue weighted by Gasteiger charge is -2.10. The third-order valence-electron chi connectivity index (χ3n) is 2.61. The molecule has 0 aromatic heterocycles. The first kappa shape index (κ1) is 15.3. The van der Waals surface area contributed by atoms with Crippen LogP contribution >= 0.6 is 15.9 Å². The van der Waals surface area contributed by atoms with E-state index in [4.69, 9.17) is 14.6 Å². The van der Waals surface area contributed by atoms with E-state index in [9.17, 15) is 9.18 Å². The molecule has 6 heteroatoms. The Morgan fingerprint density at radius 1 is 1.10 bits per heavy atom. The molecule has 0 amide bonds. The predicted octanol–water partition coefficient (Wildman–Crippen LogP) is 3.74. The van der Waals surface area contributed by atoms with Gasteiger partial charge in [0.2, 0.25) is 0 Å². The molecule has 0 aliphatic rings. The summed E-state index contributed by atoms with van der Waals surface area (Å²) in [5.41, 5.74) is 0.0762. The first-order valence-corrected chi connectivity index (χ1v) is 6.90. The maximum absolute atomic E-state index is 13.5. The summed E-state index contributed by atoms with van der Waals surface area (Å²) in [7, 11) is 0.